The summed E-state index contributed by atoms with van der Waals surface area (Å²) in [5.41, 5.74) is 0.734. The van der Waals surface area contributed by atoms with E-state index >= 15 is 0 Å². The summed E-state index contributed by atoms with van der Waals surface area (Å²) in [6, 6.07) is 7.54. The summed E-state index contributed by atoms with van der Waals surface area (Å²) in [6.45, 7) is 2.13. The van der Waals surface area contributed by atoms with Crippen molar-refractivity contribution in [1.82, 2.24) is 0 Å². The minimum absolute atomic E-state index is 0.0624. The first-order valence-corrected chi connectivity index (χ1v) is 6.62. The Hall–Kier alpha value is -1.29. The maximum absolute atomic E-state index is 12.1. The smallest absolute Gasteiger partial charge is 0.306 e. The minimum Gasteiger partial charge on any atom is -0.466 e. The topological polar surface area (TPSA) is 43.4 Å². The average Bonchev–Trinajstić information content (AvgIpc) is 2.33. The van der Waals surface area contributed by atoms with Crippen molar-refractivity contribution in [2.75, 3.05) is 12.4 Å². The van der Waals surface area contributed by atoms with Crippen LogP contribution in [0.4, 0.5) is 0 Å². The lowest BCUT2D eigenvalue weighted by Gasteiger charge is -2.21. The fraction of sp³-hybridized carbons (Fsp3) is 0.385. The Morgan fingerprint density at radius 3 is 3.00 bits per heavy atom. The summed E-state index contributed by atoms with van der Waals surface area (Å²) in [4.78, 5) is 24.5. The first-order valence-electron chi connectivity index (χ1n) is 5.64. The molecule has 2 rings (SSSR count). The highest BCUT2D eigenvalue weighted by atomic mass is 32.2. The van der Waals surface area contributed by atoms with Crippen LogP contribution < -0.4 is 0 Å². The highest BCUT2D eigenvalue weighted by molar-refractivity contribution is 7.99. The van der Waals surface area contributed by atoms with Gasteiger partial charge in [-0.1, -0.05) is 18.2 Å². The maximum Gasteiger partial charge on any atom is 0.306 e. The zero-order valence-corrected chi connectivity index (χ0v) is 10.5. The van der Waals surface area contributed by atoms with Gasteiger partial charge >= 0.3 is 5.97 Å². The molecule has 0 aliphatic carbocycles. The van der Waals surface area contributed by atoms with Crippen LogP contribution in [-0.4, -0.2) is 24.1 Å². The zero-order valence-electron chi connectivity index (χ0n) is 9.64. The first-order chi connectivity index (χ1) is 8.22. The molecular formula is C13H14O3S. The Morgan fingerprint density at radius 2 is 2.24 bits per heavy atom. The molecule has 17 heavy (non-hydrogen) atoms. The fourth-order valence-electron chi connectivity index (χ4n) is 1.85. The highest BCUT2D eigenvalue weighted by Gasteiger charge is 2.29. The van der Waals surface area contributed by atoms with Gasteiger partial charge in [0.15, 0.2) is 5.78 Å². The number of hydrogen-bond donors (Lipinski definition) is 0. The molecule has 0 bridgehead atoms. The van der Waals surface area contributed by atoms with Crippen LogP contribution in [0.5, 0.6) is 0 Å². The summed E-state index contributed by atoms with van der Waals surface area (Å²) in [6.07, 6.45) is 0.188. The van der Waals surface area contributed by atoms with Crippen LogP contribution in [0.15, 0.2) is 29.2 Å². The normalized spacial score (nSPS) is 18.6. The molecule has 1 heterocycles. The molecule has 0 spiro atoms. The zero-order chi connectivity index (χ0) is 12.3. The molecule has 1 unspecified atom stereocenters. The standard InChI is InChI=1S/C13H14O3S/c1-2-16-12(14)7-9-8-17-11-6-4-3-5-10(11)13(9)15/h3-6,9H,2,7-8H2,1H3. The summed E-state index contributed by atoms with van der Waals surface area (Å²) < 4.78 is 4.88. The number of ether oxygens (including phenoxy) is 1. The Kier molecular flexibility index (Phi) is 3.84. The summed E-state index contributed by atoms with van der Waals surface area (Å²) >= 11 is 1.63. The first kappa shape index (κ1) is 12.2. The van der Waals surface area contributed by atoms with Crippen molar-refractivity contribution < 1.29 is 14.3 Å². The molecule has 1 aliphatic rings. The van der Waals surface area contributed by atoms with Crippen LogP contribution in [0.2, 0.25) is 0 Å². The Labute approximate surface area is 105 Å². The van der Waals surface area contributed by atoms with Crippen molar-refractivity contribution in [1.29, 1.82) is 0 Å². The average molecular weight is 250 g/mol. The monoisotopic (exact) mass is 250 g/mol. The number of hydrogen-bond acceptors (Lipinski definition) is 4. The second-order valence-corrected chi connectivity index (χ2v) is 4.94. The number of rotatable bonds is 3. The van der Waals surface area contributed by atoms with E-state index in [2.05, 4.69) is 0 Å². The minimum atomic E-state index is -0.286. The molecule has 0 saturated carbocycles. The van der Waals surface area contributed by atoms with Gasteiger partial charge in [0.1, 0.15) is 0 Å². The third-order valence-corrected chi connectivity index (χ3v) is 3.92. The lowest BCUT2D eigenvalue weighted by molar-refractivity contribution is -0.143. The molecule has 1 aromatic carbocycles. The Morgan fingerprint density at radius 1 is 1.47 bits per heavy atom. The molecule has 4 heteroatoms. The quantitative estimate of drug-likeness (QED) is 0.773. The van der Waals surface area contributed by atoms with Crippen LogP contribution in [0.1, 0.15) is 23.7 Å². The van der Waals surface area contributed by atoms with Crippen molar-refractivity contribution in [3.63, 3.8) is 0 Å². The van der Waals surface area contributed by atoms with Crippen LogP contribution in [-0.2, 0) is 9.53 Å². The van der Waals surface area contributed by atoms with Gasteiger partial charge < -0.3 is 4.74 Å². The molecule has 0 amide bonds. The van der Waals surface area contributed by atoms with Gasteiger partial charge in [-0.25, -0.2) is 0 Å². The van der Waals surface area contributed by atoms with E-state index in [-0.39, 0.29) is 24.1 Å². The van der Waals surface area contributed by atoms with E-state index in [0.717, 1.165) is 10.5 Å². The van der Waals surface area contributed by atoms with Gasteiger partial charge in [-0.3, -0.25) is 9.59 Å². The molecule has 90 valence electrons. The van der Waals surface area contributed by atoms with Crippen molar-refractivity contribution in [3.05, 3.63) is 29.8 Å². The number of fused-ring (bicyclic) bond motifs is 1. The number of carbonyl (C=O) groups is 2. The van der Waals surface area contributed by atoms with E-state index < -0.39 is 0 Å². The highest BCUT2D eigenvalue weighted by Crippen LogP contribution is 2.33. The van der Waals surface area contributed by atoms with E-state index in [1.807, 2.05) is 24.3 Å². The number of esters is 1. The third-order valence-electron chi connectivity index (χ3n) is 2.68. The number of Topliss-reactive ketones (excluding diaryl/α,β-unsaturated/α-hetero) is 1. The van der Waals surface area contributed by atoms with Crippen molar-refractivity contribution in [3.8, 4) is 0 Å². The third kappa shape index (κ3) is 2.69. The Balaban J connectivity index is 2.10. The number of benzene rings is 1. The van der Waals surface area contributed by atoms with Crippen molar-refractivity contribution in [2.24, 2.45) is 5.92 Å². The van der Waals surface area contributed by atoms with Gasteiger partial charge in [0.2, 0.25) is 0 Å². The lowest BCUT2D eigenvalue weighted by Crippen LogP contribution is -2.25. The van der Waals surface area contributed by atoms with Crippen LogP contribution in [0.25, 0.3) is 0 Å². The van der Waals surface area contributed by atoms with Gasteiger partial charge in [-0.15, -0.1) is 11.8 Å². The molecule has 0 N–H and O–H groups in total. The Bertz CT molecular complexity index is 442. The van der Waals surface area contributed by atoms with Gasteiger partial charge in [-0.2, -0.15) is 0 Å². The summed E-state index contributed by atoms with van der Waals surface area (Å²) in [5, 5.41) is 0. The van der Waals surface area contributed by atoms with Crippen LogP contribution >= 0.6 is 11.8 Å². The lowest BCUT2D eigenvalue weighted by atomic mass is 9.96. The predicted octanol–water partition coefficient (Wildman–Crippen LogP) is 2.54. The van der Waals surface area contributed by atoms with Crippen molar-refractivity contribution >= 4 is 23.5 Å². The molecule has 0 fully saturated rings. The van der Waals surface area contributed by atoms with Gasteiger partial charge in [-0.05, 0) is 13.0 Å². The molecule has 1 aromatic rings. The van der Waals surface area contributed by atoms with Gasteiger partial charge in [0.05, 0.1) is 13.0 Å². The molecule has 1 atom stereocenters. The van der Waals surface area contributed by atoms with Crippen LogP contribution in [0.3, 0.4) is 0 Å². The molecule has 0 radical (unpaired) electrons. The van der Waals surface area contributed by atoms with Crippen LogP contribution in [0, 0.1) is 5.92 Å². The molecule has 0 aromatic heterocycles. The number of ketones is 1. The predicted molar refractivity (Wildman–Crippen MR) is 66.2 cm³/mol. The fourth-order valence-corrected chi connectivity index (χ4v) is 3.00. The van der Waals surface area contributed by atoms with E-state index in [0.29, 0.717) is 12.4 Å². The number of carbonyl (C=O) groups excluding carboxylic acids is 2. The molecular weight excluding hydrogens is 236 g/mol. The SMILES string of the molecule is CCOC(=O)CC1CSc2ccccc2C1=O. The van der Waals surface area contributed by atoms with Crippen molar-refractivity contribution in [2.45, 2.75) is 18.2 Å². The van der Waals surface area contributed by atoms with Gasteiger partial charge in [0, 0.05) is 22.1 Å². The number of thioether (sulfide) groups is 1. The molecule has 0 saturated heterocycles. The van der Waals surface area contributed by atoms with E-state index in [1.165, 1.54) is 0 Å². The summed E-state index contributed by atoms with van der Waals surface area (Å²) in [5.74, 6) is 0.196. The molecule has 3 nitrogen and oxygen atoms in total. The summed E-state index contributed by atoms with van der Waals surface area (Å²) in [7, 11) is 0. The largest absolute Gasteiger partial charge is 0.466 e. The maximum atomic E-state index is 12.1. The second-order valence-electron chi connectivity index (χ2n) is 3.88. The van der Waals surface area contributed by atoms with E-state index in [4.69, 9.17) is 4.74 Å². The van der Waals surface area contributed by atoms with Gasteiger partial charge in [0.25, 0.3) is 0 Å². The van der Waals surface area contributed by atoms with E-state index in [9.17, 15) is 9.59 Å². The molecule has 1 aliphatic heterocycles. The second kappa shape index (κ2) is 5.36. The van der Waals surface area contributed by atoms with E-state index in [1.54, 1.807) is 18.7 Å².